The maximum Gasteiger partial charge on any atom is 0.408 e. The molecular formula is C29H33FN2O6S. The van der Waals surface area contributed by atoms with Crippen LogP contribution in [-0.2, 0) is 16.4 Å². The van der Waals surface area contributed by atoms with Crippen LogP contribution in [0.4, 0.5) is 9.18 Å². The third kappa shape index (κ3) is 5.23. The van der Waals surface area contributed by atoms with Crippen LogP contribution in [0.2, 0.25) is 0 Å². The molecule has 2 N–H and O–H groups in total. The molecule has 4 aliphatic rings. The number of fused-ring (bicyclic) bond motifs is 2. The van der Waals surface area contributed by atoms with Crippen LogP contribution in [0.1, 0.15) is 78.8 Å². The number of carbonyl (C=O) groups is 2. The van der Waals surface area contributed by atoms with Crippen LogP contribution in [-0.4, -0.2) is 53.9 Å². The molecule has 2 aromatic rings. The summed E-state index contributed by atoms with van der Waals surface area (Å²) in [6, 6.07) is 12.5. The molecule has 2 heterocycles. The lowest BCUT2D eigenvalue weighted by molar-refractivity contribution is 0.0189. The van der Waals surface area contributed by atoms with Gasteiger partial charge in [-0.3, -0.25) is 9.69 Å². The van der Waals surface area contributed by atoms with Crippen LogP contribution >= 0.6 is 0 Å². The van der Waals surface area contributed by atoms with Crippen molar-refractivity contribution in [2.45, 2.75) is 80.5 Å². The van der Waals surface area contributed by atoms with Crippen molar-refractivity contribution in [1.29, 1.82) is 0 Å². The van der Waals surface area contributed by atoms with Crippen molar-refractivity contribution in [2.75, 3.05) is 6.61 Å². The lowest BCUT2D eigenvalue weighted by Gasteiger charge is -2.46. The maximum absolute atomic E-state index is 15.1. The number of sulfonamides is 1. The van der Waals surface area contributed by atoms with Gasteiger partial charge in [-0.15, -0.1) is 0 Å². The summed E-state index contributed by atoms with van der Waals surface area (Å²) in [6.45, 7) is 0.321. The molecule has 6 rings (SSSR count). The molecule has 10 heteroatoms. The van der Waals surface area contributed by atoms with Gasteiger partial charge in [0.1, 0.15) is 11.6 Å². The quantitative estimate of drug-likeness (QED) is 0.457. The van der Waals surface area contributed by atoms with E-state index >= 15 is 4.39 Å². The van der Waals surface area contributed by atoms with Crippen molar-refractivity contribution in [3.63, 3.8) is 0 Å². The van der Waals surface area contributed by atoms with E-state index in [1.165, 1.54) is 12.1 Å². The predicted octanol–water partition coefficient (Wildman–Crippen LogP) is 4.84. The summed E-state index contributed by atoms with van der Waals surface area (Å²) < 4.78 is 47.7. The SMILES string of the molecule is O=C(NS(=O)(=O)C1CC1)c1cc(C2CC2)c(OC[C@H]2C[C@@H]3CCC(Cc4ccccc4)(C2)N3C(=O)O)cc1F. The molecule has 39 heavy (non-hydrogen) atoms. The van der Waals surface area contributed by atoms with Crippen molar-refractivity contribution >= 4 is 22.0 Å². The number of hydrogen-bond acceptors (Lipinski definition) is 5. The molecule has 2 aliphatic carbocycles. The molecule has 3 atom stereocenters. The largest absolute Gasteiger partial charge is 0.493 e. The Bertz CT molecular complexity index is 1390. The van der Waals surface area contributed by atoms with Gasteiger partial charge in [0.2, 0.25) is 10.0 Å². The molecule has 2 saturated heterocycles. The average Bonchev–Trinajstić information content (AvgIpc) is 3.79. The van der Waals surface area contributed by atoms with Crippen LogP contribution in [0.25, 0.3) is 0 Å². The van der Waals surface area contributed by atoms with Crippen LogP contribution in [0.3, 0.4) is 0 Å². The fourth-order valence-electron chi connectivity index (χ4n) is 6.65. The van der Waals surface area contributed by atoms with E-state index in [0.717, 1.165) is 36.8 Å². The summed E-state index contributed by atoms with van der Waals surface area (Å²) in [6.07, 6.45) is 5.50. The van der Waals surface area contributed by atoms with Crippen LogP contribution in [0.15, 0.2) is 42.5 Å². The van der Waals surface area contributed by atoms with Crippen molar-refractivity contribution < 1.29 is 32.2 Å². The summed E-state index contributed by atoms with van der Waals surface area (Å²) in [5.41, 5.74) is 1.03. The smallest absolute Gasteiger partial charge is 0.408 e. The average molecular weight is 557 g/mol. The number of benzene rings is 2. The van der Waals surface area contributed by atoms with Crippen LogP contribution in [0.5, 0.6) is 5.75 Å². The third-order valence-corrected chi connectivity index (χ3v) is 10.5. The molecule has 0 aromatic heterocycles. The molecule has 2 saturated carbocycles. The van der Waals surface area contributed by atoms with Crippen LogP contribution < -0.4 is 9.46 Å². The Hall–Kier alpha value is -3.14. The van der Waals surface area contributed by atoms with E-state index in [4.69, 9.17) is 4.74 Å². The third-order valence-electron chi connectivity index (χ3n) is 8.71. The van der Waals surface area contributed by atoms with E-state index in [1.54, 1.807) is 4.90 Å². The van der Waals surface area contributed by atoms with Crippen molar-refractivity contribution in [2.24, 2.45) is 5.92 Å². The molecule has 2 aromatic carbocycles. The second kappa shape index (κ2) is 9.80. The van der Waals surface area contributed by atoms with E-state index in [0.29, 0.717) is 44.5 Å². The van der Waals surface area contributed by atoms with E-state index in [2.05, 4.69) is 0 Å². The topological polar surface area (TPSA) is 113 Å². The van der Waals surface area contributed by atoms with Crippen LogP contribution in [0, 0.1) is 11.7 Å². The lowest BCUT2D eigenvalue weighted by atomic mass is 9.78. The molecule has 8 nitrogen and oxygen atoms in total. The van der Waals surface area contributed by atoms with E-state index in [9.17, 15) is 23.1 Å². The molecule has 2 aliphatic heterocycles. The number of ether oxygens (including phenoxy) is 1. The first kappa shape index (κ1) is 26.1. The Morgan fingerprint density at radius 3 is 2.51 bits per heavy atom. The first-order valence-corrected chi connectivity index (χ1v) is 15.3. The van der Waals surface area contributed by atoms with Gasteiger partial charge in [-0.25, -0.2) is 22.3 Å². The Morgan fingerprint density at radius 1 is 1.10 bits per heavy atom. The first-order valence-electron chi connectivity index (χ1n) is 13.7. The van der Waals surface area contributed by atoms with Gasteiger partial charge in [0.25, 0.3) is 5.91 Å². The Morgan fingerprint density at radius 2 is 1.85 bits per heavy atom. The number of piperidine rings is 1. The van der Waals surface area contributed by atoms with Crippen molar-refractivity contribution in [1.82, 2.24) is 9.62 Å². The predicted molar refractivity (Wildman–Crippen MR) is 142 cm³/mol. The molecule has 0 radical (unpaired) electrons. The second-order valence-electron chi connectivity index (χ2n) is 11.7. The summed E-state index contributed by atoms with van der Waals surface area (Å²) in [7, 11) is -3.79. The fourth-order valence-corrected chi connectivity index (χ4v) is 7.94. The number of amides is 2. The van der Waals surface area contributed by atoms with Gasteiger partial charge in [0, 0.05) is 12.1 Å². The molecule has 4 fully saturated rings. The highest BCUT2D eigenvalue weighted by atomic mass is 32.2. The molecule has 2 amide bonds. The number of hydrogen-bond donors (Lipinski definition) is 2. The molecule has 208 valence electrons. The number of nitrogens with zero attached hydrogens (tertiary/aromatic N) is 1. The van der Waals surface area contributed by atoms with Gasteiger partial charge in [0.05, 0.1) is 23.0 Å². The minimum Gasteiger partial charge on any atom is -0.493 e. The zero-order valence-electron chi connectivity index (χ0n) is 21.6. The minimum atomic E-state index is -3.79. The standard InChI is InChI=1S/C29H33FN2O6S/c30-25-14-26(23(20-6-7-20)13-24(25)27(33)31-39(36,37)22-8-9-22)38-17-19-12-21-10-11-29(16-19,32(21)28(34)35)15-18-4-2-1-3-5-18/h1-5,13-14,19-22H,6-12,15-17H2,(H,31,33)(H,34,35)/t19-,21-,29?/m0/s1. The van der Waals surface area contributed by atoms with Gasteiger partial charge >= 0.3 is 6.09 Å². The highest BCUT2D eigenvalue weighted by Gasteiger charge is 2.54. The Kier molecular flexibility index (Phi) is 6.56. The number of carboxylic acid groups (broad SMARTS) is 1. The molecule has 1 unspecified atom stereocenters. The van der Waals surface area contributed by atoms with E-state index in [1.807, 2.05) is 35.1 Å². The highest BCUT2D eigenvalue weighted by Crippen LogP contribution is 2.49. The second-order valence-corrected chi connectivity index (χ2v) is 13.6. The normalized spacial score (nSPS) is 26.3. The summed E-state index contributed by atoms with van der Waals surface area (Å²) in [5.74, 6) is -1.16. The fraction of sp³-hybridized carbons (Fsp3) is 0.517. The van der Waals surface area contributed by atoms with Crippen molar-refractivity contribution in [3.05, 3.63) is 65.0 Å². The Labute approximate surface area is 227 Å². The maximum atomic E-state index is 15.1. The number of carbonyl (C=O) groups excluding carboxylic acids is 1. The van der Waals surface area contributed by atoms with Gasteiger partial charge in [-0.2, -0.15) is 0 Å². The van der Waals surface area contributed by atoms with Gasteiger partial charge in [-0.05, 0) is 86.8 Å². The highest BCUT2D eigenvalue weighted by molar-refractivity contribution is 7.91. The van der Waals surface area contributed by atoms with E-state index in [-0.39, 0.29) is 23.4 Å². The Balaban J connectivity index is 1.19. The monoisotopic (exact) mass is 556 g/mol. The van der Waals surface area contributed by atoms with Gasteiger partial charge in [0.15, 0.2) is 0 Å². The molecule has 2 bridgehead atoms. The summed E-state index contributed by atoms with van der Waals surface area (Å²) in [5, 5.41) is 9.47. The first-order chi connectivity index (χ1) is 18.6. The van der Waals surface area contributed by atoms with Gasteiger partial charge < -0.3 is 9.84 Å². The lowest BCUT2D eigenvalue weighted by Crippen LogP contribution is -2.56. The molecule has 0 spiro atoms. The number of halogens is 1. The number of nitrogens with one attached hydrogen (secondary N) is 1. The minimum absolute atomic E-state index is 0.0762. The van der Waals surface area contributed by atoms with E-state index < -0.39 is 38.6 Å². The van der Waals surface area contributed by atoms with Gasteiger partial charge in [-0.1, -0.05) is 30.3 Å². The summed E-state index contributed by atoms with van der Waals surface area (Å²) >= 11 is 0. The van der Waals surface area contributed by atoms with Crippen molar-refractivity contribution in [3.8, 4) is 5.75 Å². The zero-order chi connectivity index (χ0) is 27.4. The summed E-state index contributed by atoms with van der Waals surface area (Å²) in [4.78, 5) is 26.6. The molecular weight excluding hydrogens is 523 g/mol. The number of rotatable bonds is 9. The zero-order valence-corrected chi connectivity index (χ0v) is 22.5.